The Bertz CT molecular complexity index is 391. The van der Waals surface area contributed by atoms with E-state index in [0.717, 1.165) is 6.07 Å². The maximum absolute atomic E-state index is 13.4. The van der Waals surface area contributed by atoms with E-state index < -0.39 is 11.9 Å². The average Bonchev–Trinajstić information content (AvgIpc) is 2.20. The van der Waals surface area contributed by atoms with Gasteiger partial charge in [-0.1, -0.05) is 31.5 Å². The second-order valence-corrected chi connectivity index (χ2v) is 4.50. The highest BCUT2D eigenvalue weighted by molar-refractivity contribution is 6.30. The van der Waals surface area contributed by atoms with Gasteiger partial charge in [-0.15, -0.1) is 0 Å². The first-order valence-electron chi connectivity index (χ1n) is 5.06. The minimum atomic E-state index is -1.05. The van der Waals surface area contributed by atoms with E-state index in [1.165, 1.54) is 12.1 Å². The molecule has 0 bridgehead atoms. The third-order valence-electron chi connectivity index (χ3n) is 2.34. The number of ketones is 1. The van der Waals surface area contributed by atoms with E-state index in [-0.39, 0.29) is 28.7 Å². The van der Waals surface area contributed by atoms with Gasteiger partial charge < -0.3 is 5.11 Å². The van der Waals surface area contributed by atoms with Gasteiger partial charge in [0.1, 0.15) is 11.9 Å². The highest BCUT2D eigenvalue weighted by atomic mass is 35.5. The van der Waals surface area contributed by atoms with Crippen LogP contribution in [0.4, 0.5) is 4.39 Å². The summed E-state index contributed by atoms with van der Waals surface area (Å²) >= 11 is 5.59. The Morgan fingerprint density at radius 1 is 1.50 bits per heavy atom. The number of hydrogen-bond acceptors (Lipinski definition) is 2. The van der Waals surface area contributed by atoms with Crippen LogP contribution in [0.5, 0.6) is 0 Å². The summed E-state index contributed by atoms with van der Waals surface area (Å²) < 4.78 is 13.4. The first-order valence-corrected chi connectivity index (χ1v) is 5.44. The van der Waals surface area contributed by atoms with Crippen molar-refractivity contribution in [2.75, 3.05) is 0 Å². The second kappa shape index (κ2) is 5.41. The molecule has 0 aliphatic heterocycles. The van der Waals surface area contributed by atoms with Crippen LogP contribution in [-0.2, 0) is 11.2 Å². The average molecular weight is 245 g/mol. The van der Waals surface area contributed by atoms with Crippen LogP contribution in [0.25, 0.3) is 0 Å². The molecule has 1 aromatic rings. The molecule has 0 amide bonds. The zero-order valence-electron chi connectivity index (χ0n) is 9.21. The van der Waals surface area contributed by atoms with Crippen LogP contribution in [0.15, 0.2) is 18.2 Å². The Morgan fingerprint density at radius 3 is 2.62 bits per heavy atom. The first kappa shape index (κ1) is 13.1. The first-order chi connectivity index (χ1) is 7.41. The summed E-state index contributed by atoms with van der Waals surface area (Å²) in [7, 11) is 0. The van der Waals surface area contributed by atoms with Crippen molar-refractivity contribution in [3.8, 4) is 0 Å². The molecule has 1 unspecified atom stereocenters. The lowest BCUT2D eigenvalue weighted by Gasteiger charge is -2.13. The van der Waals surface area contributed by atoms with Crippen LogP contribution < -0.4 is 0 Å². The van der Waals surface area contributed by atoms with Gasteiger partial charge in [-0.05, 0) is 23.6 Å². The van der Waals surface area contributed by atoms with Gasteiger partial charge in [0.05, 0.1) is 0 Å². The van der Waals surface area contributed by atoms with Gasteiger partial charge >= 0.3 is 0 Å². The zero-order valence-corrected chi connectivity index (χ0v) is 9.96. The molecule has 1 N–H and O–H groups in total. The number of aliphatic hydroxyl groups is 1. The van der Waals surface area contributed by atoms with Crippen molar-refractivity contribution in [3.05, 3.63) is 34.6 Å². The number of hydrogen-bond donors (Lipinski definition) is 1. The molecular weight excluding hydrogens is 231 g/mol. The maximum Gasteiger partial charge on any atom is 0.165 e. The molecule has 0 heterocycles. The Hall–Kier alpha value is -0.930. The van der Waals surface area contributed by atoms with Crippen molar-refractivity contribution in [1.82, 2.24) is 0 Å². The summed E-state index contributed by atoms with van der Waals surface area (Å²) in [4.78, 5) is 11.5. The number of carbonyl (C=O) groups excluding carboxylic acids is 1. The van der Waals surface area contributed by atoms with Crippen LogP contribution in [0.1, 0.15) is 19.4 Å². The molecule has 0 aromatic heterocycles. The van der Waals surface area contributed by atoms with Gasteiger partial charge in [-0.25, -0.2) is 4.39 Å². The molecule has 88 valence electrons. The van der Waals surface area contributed by atoms with Crippen molar-refractivity contribution in [2.45, 2.75) is 26.4 Å². The summed E-state index contributed by atoms with van der Waals surface area (Å²) in [5.74, 6) is -1.06. The third-order valence-corrected chi connectivity index (χ3v) is 2.58. The standard InChI is InChI=1S/C12H14ClFO2/c1-7(2)12(16)11(15)5-8-3-4-9(13)6-10(8)14/h3-4,6-7,12,16H,5H2,1-2H3. The monoisotopic (exact) mass is 244 g/mol. The van der Waals surface area contributed by atoms with E-state index in [1.807, 2.05) is 0 Å². The van der Waals surface area contributed by atoms with Gasteiger partial charge in [-0.2, -0.15) is 0 Å². The number of aliphatic hydroxyl groups excluding tert-OH is 1. The minimum Gasteiger partial charge on any atom is -0.385 e. The Balaban J connectivity index is 2.77. The zero-order chi connectivity index (χ0) is 12.3. The third kappa shape index (κ3) is 3.29. The van der Waals surface area contributed by atoms with Crippen molar-refractivity contribution < 1.29 is 14.3 Å². The molecule has 0 saturated heterocycles. The predicted octanol–water partition coefficient (Wildman–Crippen LogP) is 2.61. The molecule has 0 fully saturated rings. The smallest absolute Gasteiger partial charge is 0.165 e. The van der Waals surface area contributed by atoms with Crippen LogP contribution in [0.2, 0.25) is 5.02 Å². The van der Waals surface area contributed by atoms with E-state index >= 15 is 0 Å². The highest BCUT2D eigenvalue weighted by Gasteiger charge is 2.20. The normalized spacial score (nSPS) is 12.9. The van der Waals surface area contributed by atoms with Gasteiger partial charge in [0.15, 0.2) is 5.78 Å². The fourth-order valence-electron chi connectivity index (χ4n) is 1.33. The fourth-order valence-corrected chi connectivity index (χ4v) is 1.49. The molecule has 0 aliphatic rings. The van der Waals surface area contributed by atoms with Crippen LogP contribution in [0.3, 0.4) is 0 Å². The molecule has 0 aliphatic carbocycles. The summed E-state index contributed by atoms with van der Waals surface area (Å²) in [6.07, 6.45) is -1.16. The fraction of sp³-hybridized carbons (Fsp3) is 0.417. The lowest BCUT2D eigenvalue weighted by Crippen LogP contribution is -2.27. The molecule has 16 heavy (non-hydrogen) atoms. The Morgan fingerprint density at radius 2 is 2.12 bits per heavy atom. The lowest BCUT2D eigenvalue weighted by atomic mass is 9.98. The number of benzene rings is 1. The van der Waals surface area contributed by atoms with E-state index in [1.54, 1.807) is 13.8 Å². The Kier molecular flexibility index (Phi) is 4.44. The summed E-state index contributed by atoms with van der Waals surface area (Å²) in [5, 5.41) is 9.79. The summed E-state index contributed by atoms with van der Waals surface area (Å²) in [6, 6.07) is 4.14. The largest absolute Gasteiger partial charge is 0.385 e. The molecule has 0 spiro atoms. The number of halogens is 2. The summed E-state index contributed by atoms with van der Waals surface area (Å²) in [6.45, 7) is 3.47. The van der Waals surface area contributed by atoms with Crippen molar-refractivity contribution in [2.24, 2.45) is 5.92 Å². The SMILES string of the molecule is CC(C)C(O)C(=O)Cc1ccc(Cl)cc1F. The van der Waals surface area contributed by atoms with Gasteiger partial charge in [0, 0.05) is 11.4 Å². The number of Topliss-reactive ketones (excluding diaryl/α,β-unsaturated/α-hetero) is 1. The molecule has 0 radical (unpaired) electrons. The molecule has 1 atom stereocenters. The van der Waals surface area contributed by atoms with Crippen LogP contribution >= 0.6 is 11.6 Å². The molecule has 1 rings (SSSR count). The minimum absolute atomic E-state index is 0.109. The maximum atomic E-state index is 13.4. The summed E-state index contributed by atoms with van der Waals surface area (Å²) in [5.41, 5.74) is 0.258. The quantitative estimate of drug-likeness (QED) is 0.884. The molecular formula is C12H14ClFO2. The van der Waals surface area contributed by atoms with Crippen molar-refractivity contribution in [3.63, 3.8) is 0 Å². The molecule has 2 nitrogen and oxygen atoms in total. The number of rotatable bonds is 4. The van der Waals surface area contributed by atoms with Crippen molar-refractivity contribution >= 4 is 17.4 Å². The molecule has 1 aromatic carbocycles. The van der Waals surface area contributed by atoms with Gasteiger partial charge in [-0.3, -0.25) is 4.79 Å². The van der Waals surface area contributed by atoms with E-state index in [4.69, 9.17) is 11.6 Å². The van der Waals surface area contributed by atoms with E-state index in [0.29, 0.717) is 0 Å². The second-order valence-electron chi connectivity index (χ2n) is 4.07. The molecule has 0 saturated carbocycles. The predicted molar refractivity (Wildman–Crippen MR) is 61.0 cm³/mol. The highest BCUT2D eigenvalue weighted by Crippen LogP contribution is 2.16. The Labute approximate surface area is 99.0 Å². The molecule has 4 heteroatoms. The topological polar surface area (TPSA) is 37.3 Å². The van der Waals surface area contributed by atoms with E-state index in [2.05, 4.69) is 0 Å². The van der Waals surface area contributed by atoms with Crippen LogP contribution in [-0.4, -0.2) is 17.0 Å². The van der Waals surface area contributed by atoms with Gasteiger partial charge in [0.2, 0.25) is 0 Å². The van der Waals surface area contributed by atoms with Gasteiger partial charge in [0.25, 0.3) is 0 Å². The van der Waals surface area contributed by atoms with E-state index in [9.17, 15) is 14.3 Å². The van der Waals surface area contributed by atoms with Crippen LogP contribution in [0, 0.1) is 11.7 Å². The lowest BCUT2D eigenvalue weighted by molar-refractivity contribution is -0.128. The van der Waals surface area contributed by atoms with Crippen molar-refractivity contribution in [1.29, 1.82) is 0 Å². The number of carbonyl (C=O) groups is 1.